The maximum Gasteiger partial charge on any atom is 0.310 e. The largest absolute Gasteiger partial charge is 0.310 e. The van der Waals surface area contributed by atoms with Gasteiger partial charge in [-0.25, -0.2) is 10.8 Å². The van der Waals surface area contributed by atoms with Gasteiger partial charge in [0.15, 0.2) is 0 Å². The smallest absolute Gasteiger partial charge is 0.308 e. The molecule has 0 amide bonds. The first-order chi connectivity index (χ1) is 6.70. The van der Waals surface area contributed by atoms with Crippen molar-refractivity contribution in [1.29, 1.82) is 0 Å². The van der Waals surface area contributed by atoms with Crippen molar-refractivity contribution in [2.24, 2.45) is 5.84 Å². The molecule has 0 unspecified atom stereocenters. The summed E-state index contributed by atoms with van der Waals surface area (Å²) in [6.45, 7) is 1.56. The van der Waals surface area contributed by atoms with Crippen molar-refractivity contribution in [1.82, 2.24) is 14.9 Å². The first-order valence-corrected chi connectivity index (χ1v) is 4.41. The van der Waals surface area contributed by atoms with Crippen LogP contribution in [-0.2, 0) is 13.0 Å². The predicted molar refractivity (Wildman–Crippen MR) is 49.8 cm³/mol. The Hall–Kier alpha value is -1.27. The van der Waals surface area contributed by atoms with Crippen LogP contribution in [-0.4, -0.2) is 28.5 Å². The molecule has 0 spiro atoms. The zero-order chi connectivity index (χ0) is 10.1. The van der Waals surface area contributed by atoms with Crippen LogP contribution in [0.15, 0.2) is 0 Å². The van der Waals surface area contributed by atoms with E-state index in [1.165, 1.54) is 0 Å². The third kappa shape index (κ3) is 1.53. The minimum absolute atomic E-state index is 0.403. The maximum atomic E-state index is 12.9. The van der Waals surface area contributed by atoms with E-state index in [1.54, 1.807) is 0 Å². The number of hydrogen-bond donors (Lipinski definition) is 2. The fourth-order valence-electron chi connectivity index (χ4n) is 1.65. The second-order valence-corrected chi connectivity index (χ2v) is 3.40. The zero-order valence-corrected chi connectivity index (χ0v) is 7.92. The van der Waals surface area contributed by atoms with Crippen LogP contribution in [0, 0.1) is 6.08 Å². The van der Waals surface area contributed by atoms with Gasteiger partial charge in [0.1, 0.15) is 5.82 Å². The fourth-order valence-corrected chi connectivity index (χ4v) is 1.65. The number of hydrazine groups is 1. The third-order valence-electron chi connectivity index (χ3n) is 2.37. The molecule has 14 heavy (non-hydrogen) atoms. The molecule has 1 aromatic rings. The molecule has 0 saturated carbocycles. The quantitative estimate of drug-likeness (QED) is 0.373. The van der Waals surface area contributed by atoms with Gasteiger partial charge in [0.05, 0.1) is 5.69 Å². The number of likely N-dealkylation sites (N-methyl/N-ethyl adjacent to an activating group) is 1. The highest BCUT2D eigenvalue weighted by atomic mass is 19.1. The number of nitrogens with zero attached hydrogens (tertiary/aromatic N) is 3. The van der Waals surface area contributed by atoms with E-state index in [2.05, 4.69) is 20.3 Å². The number of nitrogen functional groups attached to an aromatic ring is 1. The zero-order valence-electron chi connectivity index (χ0n) is 7.92. The van der Waals surface area contributed by atoms with Crippen LogP contribution in [0.3, 0.4) is 0 Å². The van der Waals surface area contributed by atoms with Gasteiger partial charge < -0.3 is 10.3 Å². The standard InChI is InChI=1S/C8H12FN5/c1-14-3-2-5-6(4-14)11-8(9)12-7(5)13-10/h2-4,10H2,1H3,(H,11,12,13). The summed E-state index contributed by atoms with van der Waals surface area (Å²) in [5.74, 6) is 5.66. The molecule has 76 valence electrons. The van der Waals surface area contributed by atoms with Gasteiger partial charge >= 0.3 is 6.08 Å². The number of aromatic nitrogens is 2. The molecule has 1 aliphatic rings. The van der Waals surface area contributed by atoms with Gasteiger partial charge in [0.2, 0.25) is 0 Å². The fraction of sp³-hybridized carbons (Fsp3) is 0.500. The Kier molecular flexibility index (Phi) is 2.30. The number of nitrogens with two attached hydrogens (primary N) is 1. The molecule has 0 radical (unpaired) electrons. The molecule has 2 heterocycles. The van der Waals surface area contributed by atoms with E-state index >= 15 is 0 Å². The molecule has 0 atom stereocenters. The van der Waals surface area contributed by atoms with Crippen molar-refractivity contribution in [3.05, 3.63) is 17.3 Å². The lowest BCUT2D eigenvalue weighted by Crippen LogP contribution is -2.29. The average molecular weight is 197 g/mol. The highest BCUT2D eigenvalue weighted by Crippen LogP contribution is 2.21. The molecule has 0 aromatic carbocycles. The first-order valence-electron chi connectivity index (χ1n) is 4.41. The van der Waals surface area contributed by atoms with E-state index in [0.717, 1.165) is 24.2 Å². The van der Waals surface area contributed by atoms with E-state index in [4.69, 9.17) is 5.84 Å². The molecular formula is C8H12FN5. The second kappa shape index (κ2) is 3.47. The SMILES string of the molecule is CN1CCc2c(nc(F)nc2NN)C1. The summed E-state index contributed by atoms with van der Waals surface area (Å²) in [5, 5.41) is 0. The molecule has 0 aliphatic carbocycles. The van der Waals surface area contributed by atoms with Crippen LogP contribution >= 0.6 is 0 Å². The summed E-state index contributed by atoms with van der Waals surface area (Å²) >= 11 is 0. The first kappa shape index (κ1) is 9.29. The van der Waals surface area contributed by atoms with Gasteiger partial charge in [-0.1, -0.05) is 0 Å². The monoisotopic (exact) mass is 197 g/mol. The van der Waals surface area contributed by atoms with Crippen molar-refractivity contribution in [3.63, 3.8) is 0 Å². The average Bonchev–Trinajstić information content (AvgIpc) is 2.15. The summed E-state index contributed by atoms with van der Waals surface area (Å²) in [6, 6.07) is 0. The van der Waals surface area contributed by atoms with Crippen molar-refractivity contribution in [2.45, 2.75) is 13.0 Å². The minimum Gasteiger partial charge on any atom is -0.308 e. The maximum absolute atomic E-state index is 12.9. The second-order valence-electron chi connectivity index (χ2n) is 3.40. The number of fused-ring (bicyclic) bond motifs is 1. The van der Waals surface area contributed by atoms with Crippen LogP contribution in [0.4, 0.5) is 10.2 Å². The Labute approximate surface area is 81.1 Å². The van der Waals surface area contributed by atoms with E-state index in [-0.39, 0.29) is 0 Å². The van der Waals surface area contributed by atoms with Crippen LogP contribution < -0.4 is 11.3 Å². The Balaban J connectivity index is 2.46. The van der Waals surface area contributed by atoms with E-state index in [9.17, 15) is 4.39 Å². The van der Waals surface area contributed by atoms with Crippen LogP contribution in [0.1, 0.15) is 11.3 Å². The van der Waals surface area contributed by atoms with Crippen LogP contribution in [0.25, 0.3) is 0 Å². The van der Waals surface area contributed by atoms with Gasteiger partial charge in [-0.15, -0.1) is 0 Å². The molecular weight excluding hydrogens is 185 g/mol. The van der Waals surface area contributed by atoms with E-state index in [0.29, 0.717) is 12.4 Å². The molecule has 2 rings (SSSR count). The molecule has 5 nitrogen and oxygen atoms in total. The summed E-state index contributed by atoms with van der Waals surface area (Å²) < 4.78 is 12.9. The van der Waals surface area contributed by atoms with E-state index in [1.807, 2.05) is 7.05 Å². The number of halogens is 1. The Morgan fingerprint density at radius 1 is 1.50 bits per heavy atom. The lowest BCUT2D eigenvalue weighted by atomic mass is 10.1. The number of rotatable bonds is 1. The van der Waals surface area contributed by atoms with Gasteiger partial charge in [0.25, 0.3) is 0 Å². The van der Waals surface area contributed by atoms with Gasteiger partial charge in [-0.2, -0.15) is 9.37 Å². The molecule has 0 bridgehead atoms. The predicted octanol–water partition coefficient (Wildman–Crippen LogP) is -0.111. The Morgan fingerprint density at radius 3 is 3.00 bits per heavy atom. The molecule has 1 aromatic heterocycles. The lowest BCUT2D eigenvalue weighted by molar-refractivity contribution is 0.303. The molecule has 1 aliphatic heterocycles. The summed E-state index contributed by atoms with van der Waals surface area (Å²) in [6.07, 6.45) is 0.0676. The van der Waals surface area contributed by atoms with E-state index < -0.39 is 6.08 Å². The molecule has 0 saturated heterocycles. The van der Waals surface area contributed by atoms with Crippen molar-refractivity contribution in [2.75, 3.05) is 19.0 Å². The van der Waals surface area contributed by atoms with Crippen molar-refractivity contribution < 1.29 is 4.39 Å². The number of anilines is 1. The summed E-state index contributed by atoms with van der Waals surface area (Å²) in [4.78, 5) is 9.43. The van der Waals surface area contributed by atoms with Crippen LogP contribution in [0.2, 0.25) is 0 Å². The highest BCUT2D eigenvalue weighted by Gasteiger charge is 2.19. The van der Waals surface area contributed by atoms with Crippen molar-refractivity contribution in [3.8, 4) is 0 Å². The lowest BCUT2D eigenvalue weighted by Gasteiger charge is -2.24. The van der Waals surface area contributed by atoms with Gasteiger partial charge in [-0.05, 0) is 13.5 Å². The number of hydrogen-bond acceptors (Lipinski definition) is 5. The van der Waals surface area contributed by atoms with Gasteiger partial charge in [0, 0.05) is 18.7 Å². The highest BCUT2D eigenvalue weighted by molar-refractivity contribution is 5.45. The minimum atomic E-state index is -0.730. The van der Waals surface area contributed by atoms with Crippen molar-refractivity contribution >= 4 is 5.82 Å². The Morgan fingerprint density at radius 2 is 2.29 bits per heavy atom. The molecule has 0 fully saturated rings. The molecule has 6 heteroatoms. The summed E-state index contributed by atoms with van der Waals surface area (Å²) in [7, 11) is 1.97. The topological polar surface area (TPSA) is 67.1 Å². The molecule has 3 N–H and O–H groups in total. The number of nitrogens with one attached hydrogen (secondary N) is 1. The third-order valence-corrected chi connectivity index (χ3v) is 2.37. The summed E-state index contributed by atoms with van der Waals surface area (Å²) in [5.41, 5.74) is 4.05. The normalized spacial score (nSPS) is 16.5. The Bertz CT molecular complexity index is 354. The van der Waals surface area contributed by atoms with Crippen LogP contribution in [0.5, 0.6) is 0 Å². The van der Waals surface area contributed by atoms with Gasteiger partial charge in [-0.3, -0.25) is 0 Å².